The second-order valence-electron chi connectivity index (χ2n) is 3.79. The highest BCUT2D eigenvalue weighted by atomic mass is 16.5. The van der Waals surface area contributed by atoms with Crippen molar-refractivity contribution in [2.45, 2.75) is 33.6 Å². The molecule has 0 bridgehead atoms. The summed E-state index contributed by atoms with van der Waals surface area (Å²) in [6.45, 7) is 5.95. The molecule has 3 nitrogen and oxygen atoms in total. The van der Waals surface area contributed by atoms with Gasteiger partial charge in [-0.25, -0.2) is 4.79 Å². The maximum atomic E-state index is 11.8. The van der Waals surface area contributed by atoms with Crippen molar-refractivity contribution in [3.8, 4) is 0 Å². The Balaban J connectivity index is 3.04. The van der Waals surface area contributed by atoms with Crippen molar-refractivity contribution >= 4 is 11.8 Å². The summed E-state index contributed by atoms with van der Waals surface area (Å²) >= 11 is 0. The molecule has 0 N–H and O–H groups in total. The number of Topliss-reactive ketones (excluding diaryl/α,β-unsaturated/α-hetero) is 1. The van der Waals surface area contributed by atoms with Crippen molar-refractivity contribution in [1.82, 2.24) is 0 Å². The third kappa shape index (κ3) is 3.41. The lowest BCUT2D eigenvalue weighted by Gasteiger charge is -2.06. The van der Waals surface area contributed by atoms with Gasteiger partial charge in [0.05, 0.1) is 6.61 Å². The van der Waals surface area contributed by atoms with Crippen LogP contribution in [-0.2, 0) is 22.4 Å². The van der Waals surface area contributed by atoms with Crippen LogP contribution in [0.3, 0.4) is 0 Å². The lowest BCUT2D eigenvalue weighted by Crippen LogP contribution is -2.18. The van der Waals surface area contributed by atoms with E-state index in [0.717, 1.165) is 24.0 Å². The molecule has 0 aliphatic heterocycles. The van der Waals surface area contributed by atoms with E-state index in [-0.39, 0.29) is 6.61 Å². The second-order valence-corrected chi connectivity index (χ2v) is 3.79. The SMILES string of the molecule is CCOC(=O)C(=O)c1cc(CC)cc(CC)c1. The summed E-state index contributed by atoms with van der Waals surface area (Å²) < 4.78 is 4.72. The van der Waals surface area contributed by atoms with E-state index in [4.69, 9.17) is 4.74 Å². The van der Waals surface area contributed by atoms with Gasteiger partial charge in [-0.1, -0.05) is 19.9 Å². The topological polar surface area (TPSA) is 43.4 Å². The van der Waals surface area contributed by atoms with Crippen LogP contribution in [-0.4, -0.2) is 18.4 Å². The van der Waals surface area contributed by atoms with Gasteiger partial charge in [-0.2, -0.15) is 0 Å². The molecule has 0 heterocycles. The normalized spacial score (nSPS) is 10.1. The molecule has 3 heteroatoms. The first kappa shape index (κ1) is 13.4. The molecule has 0 unspecified atom stereocenters. The Hall–Kier alpha value is -1.64. The van der Waals surface area contributed by atoms with Crippen molar-refractivity contribution in [2.24, 2.45) is 0 Å². The lowest BCUT2D eigenvalue weighted by molar-refractivity contribution is -0.137. The number of hydrogen-bond acceptors (Lipinski definition) is 3. The van der Waals surface area contributed by atoms with Crippen LogP contribution >= 0.6 is 0 Å². The van der Waals surface area contributed by atoms with E-state index in [9.17, 15) is 9.59 Å². The molecule has 1 rings (SSSR count). The Labute approximate surface area is 102 Å². The summed E-state index contributed by atoms with van der Waals surface area (Å²) in [5, 5.41) is 0. The molecule has 17 heavy (non-hydrogen) atoms. The van der Waals surface area contributed by atoms with Crippen LogP contribution in [0.15, 0.2) is 18.2 Å². The van der Waals surface area contributed by atoms with Gasteiger partial charge < -0.3 is 4.74 Å². The maximum absolute atomic E-state index is 11.8. The minimum absolute atomic E-state index is 0.221. The highest BCUT2D eigenvalue weighted by Gasteiger charge is 2.18. The zero-order valence-electron chi connectivity index (χ0n) is 10.6. The van der Waals surface area contributed by atoms with E-state index in [1.165, 1.54) is 0 Å². The molecule has 0 aliphatic carbocycles. The molecule has 0 amide bonds. The predicted molar refractivity (Wildman–Crippen MR) is 66.2 cm³/mol. The van der Waals surface area contributed by atoms with Gasteiger partial charge in [0, 0.05) is 5.56 Å². The summed E-state index contributed by atoms with van der Waals surface area (Å²) in [6, 6.07) is 5.58. The van der Waals surface area contributed by atoms with Gasteiger partial charge >= 0.3 is 5.97 Å². The zero-order valence-corrected chi connectivity index (χ0v) is 10.6. The van der Waals surface area contributed by atoms with Crippen LogP contribution in [0, 0.1) is 0 Å². The molecular formula is C14H18O3. The Morgan fingerprint density at radius 1 is 1.00 bits per heavy atom. The fraction of sp³-hybridized carbons (Fsp3) is 0.429. The molecule has 0 aliphatic rings. The smallest absolute Gasteiger partial charge is 0.379 e. The van der Waals surface area contributed by atoms with E-state index in [0.29, 0.717) is 5.56 Å². The van der Waals surface area contributed by atoms with Gasteiger partial charge in [0.15, 0.2) is 0 Å². The Kier molecular flexibility index (Phi) is 4.88. The minimum atomic E-state index is -0.775. The average Bonchev–Trinajstić information content (AvgIpc) is 2.37. The molecule has 0 atom stereocenters. The standard InChI is InChI=1S/C14H18O3/c1-4-10-7-11(5-2)9-12(8-10)13(15)14(16)17-6-3/h7-9H,4-6H2,1-3H3. The molecule has 0 spiro atoms. The largest absolute Gasteiger partial charge is 0.460 e. The molecule has 1 aromatic carbocycles. The fourth-order valence-corrected chi connectivity index (χ4v) is 1.62. The van der Waals surface area contributed by atoms with Crippen LogP contribution in [0.25, 0.3) is 0 Å². The second kappa shape index (κ2) is 6.18. The highest BCUT2D eigenvalue weighted by molar-refractivity contribution is 6.40. The lowest BCUT2D eigenvalue weighted by atomic mass is 10.00. The number of ketones is 1. The number of ether oxygens (including phenoxy) is 1. The van der Waals surface area contributed by atoms with Crippen molar-refractivity contribution in [3.05, 3.63) is 34.9 Å². The molecule has 1 aromatic rings. The van der Waals surface area contributed by atoms with E-state index >= 15 is 0 Å². The number of benzene rings is 1. The molecule has 0 fully saturated rings. The van der Waals surface area contributed by atoms with Crippen LogP contribution in [0.5, 0.6) is 0 Å². The van der Waals surface area contributed by atoms with Crippen molar-refractivity contribution < 1.29 is 14.3 Å². The monoisotopic (exact) mass is 234 g/mol. The van der Waals surface area contributed by atoms with Crippen molar-refractivity contribution in [3.63, 3.8) is 0 Å². The Bertz CT molecular complexity index is 399. The molecule has 0 aromatic heterocycles. The zero-order chi connectivity index (χ0) is 12.8. The van der Waals surface area contributed by atoms with Crippen LogP contribution in [0.1, 0.15) is 42.3 Å². The first-order valence-electron chi connectivity index (χ1n) is 5.96. The number of hydrogen-bond donors (Lipinski definition) is 0. The molecular weight excluding hydrogens is 216 g/mol. The van der Waals surface area contributed by atoms with E-state index in [2.05, 4.69) is 6.07 Å². The van der Waals surface area contributed by atoms with E-state index in [1.807, 2.05) is 13.8 Å². The van der Waals surface area contributed by atoms with Gasteiger partial charge in [-0.05, 0) is 43.0 Å². The van der Waals surface area contributed by atoms with Crippen LogP contribution in [0.4, 0.5) is 0 Å². The minimum Gasteiger partial charge on any atom is -0.460 e. The number of carbonyl (C=O) groups is 2. The van der Waals surface area contributed by atoms with Gasteiger partial charge in [0.1, 0.15) is 0 Å². The maximum Gasteiger partial charge on any atom is 0.379 e. The first-order valence-corrected chi connectivity index (χ1v) is 5.96. The highest BCUT2D eigenvalue weighted by Crippen LogP contribution is 2.13. The third-order valence-corrected chi connectivity index (χ3v) is 2.59. The number of rotatable bonds is 5. The van der Waals surface area contributed by atoms with E-state index in [1.54, 1.807) is 19.1 Å². The average molecular weight is 234 g/mol. The number of carbonyl (C=O) groups excluding carboxylic acids is 2. The van der Waals surface area contributed by atoms with Crippen LogP contribution < -0.4 is 0 Å². The summed E-state index contributed by atoms with van der Waals surface area (Å²) in [7, 11) is 0. The van der Waals surface area contributed by atoms with E-state index < -0.39 is 11.8 Å². The number of aryl methyl sites for hydroxylation is 2. The Morgan fingerprint density at radius 2 is 1.53 bits per heavy atom. The predicted octanol–water partition coefficient (Wildman–Crippen LogP) is 2.56. The van der Waals surface area contributed by atoms with Crippen molar-refractivity contribution in [2.75, 3.05) is 6.61 Å². The first-order chi connectivity index (χ1) is 8.12. The summed E-state index contributed by atoms with van der Waals surface area (Å²) in [4.78, 5) is 23.2. The summed E-state index contributed by atoms with van der Waals surface area (Å²) in [6.07, 6.45) is 1.69. The van der Waals surface area contributed by atoms with Gasteiger partial charge in [0.2, 0.25) is 0 Å². The third-order valence-electron chi connectivity index (χ3n) is 2.59. The molecule has 92 valence electrons. The molecule has 0 saturated heterocycles. The van der Waals surface area contributed by atoms with Gasteiger partial charge in [0.25, 0.3) is 5.78 Å². The van der Waals surface area contributed by atoms with Gasteiger partial charge in [-0.3, -0.25) is 4.79 Å². The fourth-order valence-electron chi connectivity index (χ4n) is 1.62. The van der Waals surface area contributed by atoms with Crippen molar-refractivity contribution in [1.29, 1.82) is 0 Å². The summed E-state index contributed by atoms with van der Waals surface area (Å²) in [5.74, 6) is -1.33. The summed E-state index contributed by atoms with van der Waals surface area (Å²) in [5.41, 5.74) is 2.56. The Morgan fingerprint density at radius 3 is 1.94 bits per heavy atom. The van der Waals surface area contributed by atoms with Crippen LogP contribution in [0.2, 0.25) is 0 Å². The molecule has 0 saturated carbocycles. The van der Waals surface area contributed by atoms with Gasteiger partial charge in [-0.15, -0.1) is 0 Å². The molecule has 0 radical (unpaired) electrons. The quantitative estimate of drug-likeness (QED) is 0.447. The number of esters is 1.